The summed E-state index contributed by atoms with van der Waals surface area (Å²) < 4.78 is 1.11. The van der Waals surface area contributed by atoms with Crippen LogP contribution >= 0.6 is 11.3 Å². The van der Waals surface area contributed by atoms with Crippen molar-refractivity contribution >= 4 is 33.2 Å². The highest BCUT2D eigenvalue weighted by Gasteiger charge is 2.35. The van der Waals surface area contributed by atoms with Crippen molar-refractivity contribution in [3.63, 3.8) is 0 Å². The second-order valence-electron chi connectivity index (χ2n) is 5.54. The number of hydrogen-bond donors (Lipinski definition) is 0. The fourth-order valence-electron chi connectivity index (χ4n) is 2.79. The molecule has 0 N–H and O–H groups in total. The van der Waals surface area contributed by atoms with E-state index in [-0.39, 0.29) is 17.9 Å². The van der Waals surface area contributed by atoms with Gasteiger partial charge in [-0.15, -0.1) is 11.3 Å². The molecule has 21 heavy (non-hydrogen) atoms. The Morgan fingerprint density at radius 2 is 2.05 bits per heavy atom. The molecule has 1 saturated heterocycles. The predicted octanol–water partition coefficient (Wildman–Crippen LogP) is 2.59. The van der Waals surface area contributed by atoms with Crippen LogP contribution in [0.4, 0.5) is 0 Å². The molecule has 4 nitrogen and oxygen atoms in total. The molecule has 1 aromatic heterocycles. The molecule has 1 fully saturated rings. The Labute approximate surface area is 128 Å². The Hall–Kier alpha value is -1.88. The van der Waals surface area contributed by atoms with E-state index < -0.39 is 0 Å². The summed E-state index contributed by atoms with van der Waals surface area (Å²) in [5.74, 6) is -0.00383. The quantitative estimate of drug-likeness (QED) is 0.855. The third kappa shape index (κ3) is 2.53. The van der Waals surface area contributed by atoms with Crippen molar-refractivity contribution in [2.75, 3.05) is 20.6 Å². The second-order valence-corrected chi connectivity index (χ2v) is 6.62. The van der Waals surface area contributed by atoms with E-state index in [4.69, 9.17) is 0 Å². The van der Waals surface area contributed by atoms with Gasteiger partial charge in [0.05, 0.1) is 4.88 Å². The molecule has 0 aliphatic carbocycles. The van der Waals surface area contributed by atoms with Gasteiger partial charge in [0.1, 0.15) is 6.04 Å². The van der Waals surface area contributed by atoms with Gasteiger partial charge in [0.2, 0.25) is 5.91 Å². The lowest BCUT2D eigenvalue weighted by Crippen LogP contribution is -2.45. The van der Waals surface area contributed by atoms with Gasteiger partial charge >= 0.3 is 0 Å². The molecule has 2 heterocycles. The van der Waals surface area contributed by atoms with E-state index in [0.717, 1.165) is 27.8 Å². The highest BCUT2D eigenvalue weighted by molar-refractivity contribution is 7.20. The molecule has 110 valence electrons. The van der Waals surface area contributed by atoms with E-state index in [1.54, 1.807) is 23.9 Å². The molecule has 1 aliphatic heterocycles. The molecule has 0 radical (unpaired) electrons. The summed E-state index contributed by atoms with van der Waals surface area (Å²) in [5, 5.41) is 1.08. The molecule has 1 aromatic carbocycles. The van der Waals surface area contributed by atoms with Crippen molar-refractivity contribution < 1.29 is 9.59 Å². The summed E-state index contributed by atoms with van der Waals surface area (Å²) >= 11 is 1.50. The Morgan fingerprint density at radius 1 is 1.29 bits per heavy atom. The van der Waals surface area contributed by atoms with Crippen LogP contribution in [-0.2, 0) is 4.79 Å². The highest BCUT2D eigenvalue weighted by Crippen LogP contribution is 2.29. The number of likely N-dealkylation sites (N-methyl/N-ethyl adjacent to an activating group) is 1. The van der Waals surface area contributed by atoms with Crippen LogP contribution in [0.15, 0.2) is 30.3 Å². The van der Waals surface area contributed by atoms with Gasteiger partial charge in [-0.3, -0.25) is 9.59 Å². The molecule has 1 unspecified atom stereocenters. The highest BCUT2D eigenvalue weighted by atomic mass is 32.1. The third-order valence-corrected chi connectivity index (χ3v) is 4.98. The fraction of sp³-hybridized carbons (Fsp3) is 0.375. The summed E-state index contributed by atoms with van der Waals surface area (Å²) in [6.45, 7) is 0.664. The van der Waals surface area contributed by atoms with E-state index in [9.17, 15) is 9.59 Å². The van der Waals surface area contributed by atoms with Crippen molar-refractivity contribution in [1.29, 1.82) is 0 Å². The van der Waals surface area contributed by atoms with Crippen LogP contribution in [0.3, 0.4) is 0 Å². The van der Waals surface area contributed by atoms with Crippen LogP contribution in [0.1, 0.15) is 22.5 Å². The van der Waals surface area contributed by atoms with Gasteiger partial charge in [0.25, 0.3) is 5.91 Å². The number of nitrogens with zero attached hydrogens (tertiary/aromatic N) is 2. The van der Waals surface area contributed by atoms with E-state index in [1.807, 2.05) is 30.3 Å². The van der Waals surface area contributed by atoms with Crippen LogP contribution < -0.4 is 0 Å². The zero-order chi connectivity index (χ0) is 15.0. The van der Waals surface area contributed by atoms with Crippen molar-refractivity contribution in [1.82, 2.24) is 9.80 Å². The monoisotopic (exact) mass is 302 g/mol. The van der Waals surface area contributed by atoms with Gasteiger partial charge in [-0.05, 0) is 30.4 Å². The first kappa shape index (κ1) is 14.1. The summed E-state index contributed by atoms with van der Waals surface area (Å²) in [6, 6.07) is 9.59. The smallest absolute Gasteiger partial charge is 0.264 e. The summed E-state index contributed by atoms with van der Waals surface area (Å²) in [4.78, 5) is 28.9. The van der Waals surface area contributed by atoms with E-state index in [2.05, 4.69) is 0 Å². The number of fused-ring (bicyclic) bond motifs is 1. The maximum absolute atomic E-state index is 12.7. The van der Waals surface area contributed by atoms with Gasteiger partial charge in [-0.2, -0.15) is 0 Å². The molecule has 2 amide bonds. The average molecular weight is 302 g/mol. The predicted molar refractivity (Wildman–Crippen MR) is 84.6 cm³/mol. The minimum Gasteiger partial charge on any atom is -0.347 e. The van der Waals surface area contributed by atoms with E-state index in [1.165, 1.54) is 11.3 Å². The van der Waals surface area contributed by atoms with Gasteiger partial charge in [-0.1, -0.05) is 18.2 Å². The first-order chi connectivity index (χ1) is 10.1. The Bertz CT molecular complexity index is 659. The fourth-order valence-corrected chi connectivity index (χ4v) is 3.81. The summed E-state index contributed by atoms with van der Waals surface area (Å²) in [6.07, 6.45) is 1.65. The molecule has 5 heteroatoms. The van der Waals surface area contributed by atoms with Gasteiger partial charge in [-0.25, -0.2) is 0 Å². The normalized spacial score (nSPS) is 18.2. The lowest BCUT2D eigenvalue weighted by molar-refractivity contribution is -0.132. The SMILES string of the molecule is CN(C)C(=O)C1CCCN1C(=O)c1cc2ccccc2s1. The minimum atomic E-state index is -0.308. The number of likely N-dealkylation sites (tertiary alicyclic amines) is 1. The Morgan fingerprint density at radius 3 is 2.76 bits per heavy atom. The lowest BCUT2D eigenvalue weighted by Gasteiger charge is -2.25. The summed E-state index contributed by atoms with van der Waals surface area (Å²) in [7, 11) is 3.48. The molecular weight excluding hydrogens is 284 g/mol. The summed E-state index contributed by atoms with van der Waals surface area (Å²) in [5.41, 5.74) is 0. The maximum Gasteiger partial charge on any atom is 0.264 e. The van der Waals surface area contributed by atoms with Crippen LogP contribution in [-0.4, -0.2) is 48.3 Å². The van der Waals surface area contributed by atoms with Crippen LogP contribution in [0, 0.1) is 0 Å². The topological polar surface area (TPSA) is 40.6 Å². The zero-order valence-corrected chi connectivity index (χ0v) is 13.0. The van der Waals surface area contributed by atoms with Crippen LogP contribution in [0.5, 0.6) is 0 Å². The molecule has 3 rings (SSSR count). The van der Waals surface area contributed by atoms with Gasteiger partial charge < -0.3 is 9.80 Å². The third-order valence-electron chi connectivity index (χ3n) is 3.88. The maximum atomic E-state index is 12.7. The molecular formula is C16H18N2O2S. The van der Waals surface area contributed by atoms with E-state index in [0.29, 0.717) is 6.54 Å². The largest absolute Gasteiger partial charge is 0.347 e. The molecule has 0 saturated carbocycles. The van der Waals surface area contributed by atoms with Crippen LogP contribution in [0.25, 0.3) is 10.1 Å². The second kappa shape index (κ2) is 5.48. The number of amides is 2. The molecule has 2 aromatic rings. The number of rotatable bonds is 2. The van der Waals surface area contributed by atoms with Crippen LogP contribution in [0.2, 0.25) is 0 Å². The van der Waals surface area contributed by atoms with Gasteiger partial charge in [0, 0.05) is 25.3 Å². The first-order valence-electron chi connectivity index (χ1n) is 7.08. The van der Waals surface area contributed by atoms with Crippen molar-refractivity contribution in [3.8, 4) is 0 Å². The van der Waals surface area contributed by atoms with Crippen molar-refractivity contribution in [2.45, 2.75) is 18.9 Å². The van der Waals surface area contributed by atoms with Crippen molar-refractivity contribution in [2.24, 2.45) is 0 Å². The Balaban J connectivity index is 1.88. The molecule has 0 bridgehead atoms. The Kier molecular flexibility index (Phi) is 3.68. The average Bonchev–Trinajstić information content (AvgIpc) is 3.11. The molecule has 0 spiro atoms. The zero-order valence-electron chi connectivity index (χ0n) is 12.2. The first-order valence-corrected chi connectivity index (χ1v) is 7.90. The lowest BCUT2D eigenvalue weighted by atomic mass is 10.2. The molecule has 1 atom stereocenters. The number of carbonyl (C=O) groups excluding carboxylic acids is 2. The van der Waals surface area contributed by atoms with E-state index >= 15 is 0 Å². The number of carbonyl (C=O) groups is 2. The number of benzene rings is 1. The van der Waals surface area contributed by atoms with Crippen molar-refractivity contribution in [3.05, 3.63) is 35.2 Å². The van der Waals surface area contributed by atoms with Gasteiger partial charge in [0.15, 0.2) is 0 Å². The molecule has 1 aliphatic rings. The minimum absolute atomic E-state index is 0.0157. The number of thiophene rings is 1. The standard InChI is InChI=1S/C16H18N2O2S/c1-17(2)15(19)12-7-5-9-18(12)16(20)14-10-11-6-3-4-8-13(11)21-14/h3-4,6,8,10,12H,5,7,9H2,1-2H3. The number of hydrogen-bond acceptors (Lipinski definition) is 3.